The first kappa shape index (κ1) is 13.9. The SMILES string of the molecule is Cc1cc(N)cc(C(=O)N2CCCC(C)(O)CC2)c1. The summed E-state index contributed by atoms with van der Waals surface area (Å²) >= 11 is 0. The molecule has 1 amide bonds. The molecular weight excluding hydrogens is 240 g/mol. The van der Waals surface area contributed by atoms with E-state index < -0.39 is 5.60 Å². The second kappa shape index (κ2) is 5.21. The first-order valence-corrected chi connectivity index (χ1v) is 6.76. The summed E-state index contributed by atoms with van der Waals surface area (Å²) in [6.07, 6.45) is 2.20. The van der Waals surface area contributed by atoms with Crippen LogP contribution in [0.5, 0.6) is 0 Å². The molecule has 0 aromatic heterocycles. The smallest absolute Gasteiger partial charge is 0.253 e. The summed E-state index contributed by atoms with van der Waals surface area (Å²) in [6, 6.07) is 5.43. The van der Waals surface area contributed by atoms with Crippen molar-refractivity contribution < 1.29 is 9.90 Å². The third kappa shape index (κ3) is 3.47. The molecule has 0 bridgehead atoms. The number of nitrogens with two attached hydrogens (primary N) is 1. The van der Waals surface area contributed by atoms with E-state index in [0.717, 1.165) is 18.4 Å². The number of benzene rings is 1. The second-order valence-electron chi connectivity index (χ2n) is 5.78. The number of hydrogen-bond acceptors (Lipinski definition) is 3. The minimum atomic E-state index is -0.652. The van der Waals surface area contributed by atoms with Crippen molar-refractivity contribution in [2.75, 3.05) is 18.8 Å². The van der Waals surface area contributed by atoms with Crippen LogP contribution >= 0.6 is 0 Å². The Morgan fingerprint density at radius 3 is 2.74 bits per heavy atom. The standard InChI is InChI=1S/C15H22N2O2/c1-11-8-12(10-13(16)9-11)14(18)17-6-3-4-15(2,19)5-7-17/h8-10,19H,3-7,16H2,1-2H3. The van der Waals surface area contributed by atoms with Gasteiger partial charge in [0, 0.05) is 24.3 Å². The number of nitrogens with zero attached hydrogens (tertiary/aromatic N) is 1. The van der Waals surface area contributed by atoms with Gasteiger partial charge in [0.05, 0.1) is 5.60 Å². The number of carbonyl (C=O) groups excluding carboxylic acids is 1. The number of anilines is 1. The summed E-state index contributed by atoms with van der Waals surface area (Å²) in [5.74, 6) is 0.00750. The number of amides is 1. The van der Waals surface area contributed by atoms with E-state index in [1.54, 1.807) is 6.07 Å². The maximum absolute atomic E-state index is 12.5. The van der Waals surface area contributed by atoms with Crippen LogP contribution in [-0.4, -0.2) is 34.6 Å². The van der Waals surface area contributed by atoms with Crippen molar-refractivity contribution in [2.45, 2.75) is 38.7 Å². The van der Waals surface area contributed by atoms with Crippen LogP contribution in [0.25, 0.3) is 0 Å². The molecule has 1 atom stereocenters. The molecule has 0 saturated carbocycles. The van der Waals surface area contributed by atoms with Crippen molar-refractivity contribution in [2.24, 2.45) is 0 Å². The molecule has 2 rings (SSSR count). The minimum absolute atomic E-state index is 0.00750. The van der Waals surface area contributed by atoms with E-state index in [9.17, 15) is 9.90 Å². The molecule has 1 aromatic rings. The molecule has 1 aromatic carbocycles. The Kier molecular flexibility index (Phi) is 3.80. The van der Waals surface area contributed by atoms with E-state index in [2.05, 4.69) is 0 Å². The predicted octanol–water partition coefficient (Wildman–Crippen LogP) is 1.95. The van der Waals surface area contributed by atoms with Gasteiger partial charge in [-0.2, -0.15) is 0 Å². The van der Waals surface area contributed by atoms with E-state index >= 15 is 0 Å². The summed E-state index contributed by atoms with van der Waals surface area (Å²) in [5.41, 5.74) is 7.38. The van der Waals surface area contributed by atoms with Crippen molar-refractivity contribution in [3.63, 3.8) is 0 Å². The Bertz CT molecular complexity index is 463. The lowest BCUT2D eigenvalue weighted by Gasteiger charge is -2.23. The van der Waals surface area contributed by atoms with Crippen molar-refractivity contribution in [1.82, 2.24) is 4.90 Å². The van der Waals surface area contributed by atoms with E-state index in [1.165, 1.54) is 0 Å². The van der Waals surface area contributed by atoms with Gasteiger partial charge in [-0.25, -0.2) is 0 Å². The highest BCUT2D eigenvalue weighted by atomic mass is 16.3. The van der Waals surface area contributed by atoms with Gasteiger partial charge in [-0.3, -0.25) is 4.79 Å². The highest BCUT2D eigenvalue weighted by Crippen LogP contribution is 2.23. The van der Waals surface area contributed by atoms with Gasteiger partial charge in [0.2, 0.25) is 0 Å². The van der Waals surface area contributed by atoms with Crippen LogP contribution in [0, 0.1) is 6.92 Å². The highest BCUT2D eigenvalue weighted by Gasteiger charge is 2.27. The topological polar surface area (TPSA) is 66.6 Å². The fourth-order valence-electron chi connectivity index (χ4n) is 2.59. The molecule has 1 heterocycles. The zero-order valence-corrected chi connectivity index (χ0v) is 11.6. The molecule has 4 nitrogen and oxygen atoms in total. The zero-order chi connectivity index (χ0) is 14.0. The van der Waals surface area contributed by atoms with E-state index in [-0.39, 0.29) is 5.91 Å². The van der Waals surface area contributed by atoms with Crippen molar-refractivity contribution in [1.29, 1.82) is 0 Å². The van der Waals surface area contributed by atoms with Crippen LogP contribution in [0.2, 0.25) is 0 Å². The number of carbonyl (C=O) groups is 1. The molecule has 0 spiro atoms. The monoisotopic (exact) mass is 262 g/mol. The quantitative estimate of drug-likeness (QED) is 0.760. The summed E-state index contributed by atoms with van der Waals surface area (Å²) < 4.78 is 0. The molecular formula is C15H22N2O2. The minimum Gasteiger partial charge on any atom is -0.399 e. The molecule has 104 valence electrons. The van der Waals surface area contributed by atoms with Gasteiger partial charge in [-0.1, -0.05) is 0 Å². The van der Waals surface area contributed by atoms with Crippen LogP contribution in [0.4, 0.5) is 5.69 Å². The molecule has 1 aliphatic heterocycles. The van der Waals surface area contributed by atoms with Crippen LogP contribution in [0.1, 0.15) is 42.1 Å². The van der Waals surface area contributed by atoms with Crippen LogP contribution < -0.4 is 5.73 Å². The average molecular weight is 262 g/mol. The Labute approximate surface area is 114 Å². The molecule has 0 aliphatic carbocycles. The van der Waals surface area contributed by atoms with Gasteiger partial charge in [0.15, 0.2) is 0 Å². The average Bonchev–Trinajstić information content (AvgIpc) is 2.48. The predicted molar refractivity (Wildman–Crippen MR) is 76.0 cm³/mol. The fraction of sp³-hybridized carbons (Fsp3) is 0.533. The summed E-state index contributed by atoms with van der Waals surface area (Å²) in [6.45, 7) is 5.06. The molecule has 19 heavy (non-hydrogen) atoms. The number of likely N-dealkylation sites (tertiary alicyclic amines) is 1. The lowest BCUT2D eigenvalue weighted by molar-refractivity contribution is 0.0438. The normalized spacial score (nSPS) is 24.1. The molecule has 4 heteroatoms. The fourth-order valence-corrected chi connectivity index (χ4v) is 2.59. The second-order valence-corrected chi connectivity index (χ2v) is 5.78. The van der Waals surface area contributed by atoms with Crippen LogP contribution in [-0.2, 0) is 0 Å². The third-order valence-electron chi connectivity index (χ3n) is 3.70. The number of nitrogen functional groups attached to an aromatic ring is 1. The Morgan fingerprint density at radius 1 is 1.32 bits per heavy atom. The van der Waals surface area contributed by atoms with Gasteiger partial charge >= 0.3 is 0 Å². The van der Waals surface area contributed by atoms with Gasteiger partial charge < -0.3 is 15.7 Å². The lowest BCUT2D eigenvalue weighted by Crippen LogP contribution is -2.33. The van der Waals surface area contributed by atoms with Crippen molar-refractivity contribution in [3.8, 4) is 0 Å². The van der Waals surface area contributed by atoms with Gasteiger partial charge in [-0.15, -0.1) is 0 Å². The lowest BCUT2D eigenvalue weighted by atomic mass is 9.98. The van der Waals surface area contributed by atoms with Gasteiger partial charge in [-0.05, 0) is 56.9 Å². The Morgan fingerprint density at radius 2 is 2.05 bits per heavy atom. The largest absolute Gasteiger partial charge is 0.399 e. The third-order valence-corrected chi connectivity index (χ3v) is 3.70. The zero-order valence-electron chi connectivity index (χ0n) is 11.6. The van der Waals surface area contributed by atoms with Crippen molar-refractivity contribution in [3.05, 3.63) is 29.3 Å². The highest BCUT2D eigenvalue weighted by molar-refractivity contribution is 5.95. The van der Waals surface area contributed by atoms with Crippen LogP contribution in [0.15, 0.2) is 18.2 Å². The number of rotatable bonds is 1. The van der Waals surface area contributed by atoms with E-state index in [0.29, 0.717) is 30.8 Å². The molecule has 1 aliphatic rings. The number of hydrogen-bond donors (Lipinski definition) is 2. The molecule has 3 N–H and O–H groups in total. The summed E-state index contributed by atoms with van der Waals surface area (Å²) in [4.78, 5) is 14.3. The molecule has 1 unspecified atom stereocenters. The number of aryl methyl sites for hydroxylation is 1. The number of aliphatic hydroxyl groups is 1. The van der Waals surface area contributed by atoms with Crippen LogP contribution in [0.3, 0.4) is 0 Å². The first-order chi connectivity index (χ1) is 8.87. The summed E-state index contributed by atoms with van der Waals surface area (Å²) in [7, 11) is 0. The van der Waals surface area contributed by atoms with E-state index in [4.69, 9.17) is 5.73 Å². The molecule has 1 fully saturated rings. The summed E-state index contributed by atoms with van der Waals surface area (Å²) in [5, 5.41) is 10.1. The van der Waals surface area contributed by atoms with Gasteiger partial charge in [0.25, 0.3) is 5.91 Å². The van der Waals surface area contributed by atoms with Gasteiger partial charge in [0.1, 0.15) is 0 Å². The Hall–Kier alpha value is -1.55. The molecule has 1 saturated heterocycles. The molecule has 0 radical (unpaired) electrons. The van der Waals surface area contributed by atoms with Crippen molar-refractivity contribution >= 4 is 11.6 Å². The van der Waals surface area contributed by atoms with E-state index in [1.807, 2.05) is 30.9 Å². The maximum atomic E-state index is 12.5. The maximum Gasteiger partial charge on any atom is 0.253 e. The first-order valence-electron chi connectivity index (χ1n) is 6.76. The Balaban J connectivity index is 2.15.